The highest BCUT2D eigenvalue weighted by Gasteiger charge is 2.10. The number of anilines is 1. The zero-order valence-corrected chi connectivity index (χ0v) is 11.4. The van der Waals surface area contributed by atoms with Crippen molar-refractivity contribution in [2.24, 2.45) is 5.73 Å². The van der Waals surface area contributed by atoms with Crippen LogP contribution < -0.4 is 10.6 Å². The Morgan fingerprint density at radius 3 is 2.39 bits per heavy atom. The minimum absolute atomic E-state index is 0.0754. The van der Waals surface area contributed by atoms with Crippen LogP contribution in [0.15, 0.2) is 18.3 Å². The Labute approximate surface area is 110 Å². The Morgan fingerprint density at radius 2 is 1.83 bits per heavy atom. The summed E-state index contributed by atoms with van der Waals surface area (Å²) in [4.78, 5) is 6.98. The Hall–Kier alpha value is -1.09. The van der Waals surface area contributed by atoms with Crippen LogP contribution >= 0.6 is 0 Å². The van der Waals surface area contributed by atoms with Crippen molar-refractivity contribution in [3.8, 4) is 0 Å². The summed E-state index contributed by atoms with van der Waals surface area (Å²) >= 11 is 0. The molecule has 100 valence electrons. The predicted molar refractivity (Wildman–Crippen MR) is 76.8 cm³/mol. The Bertz CT molecular complexity index is 339. The molecule has 0 bridgehead atoms. The number of nitrogens with zero attached hydrogens (tertiary/aromatic N) is 2. The molecule has 0 radical (unpaired) electrons. The third kappa shape index (κ3) is 3.45. The largest absolute Gasteiger partial charge is 0.370 e. The maximum Gasteiger partial charge on any atom is 0.0572 e. The molecule has 0 amide bonds. The summed E-state index contributed by atoms with van der Waals surface area (Å²) in [5.74, 6) is 0. The van der Waals surface area contributed by atoms with Gasteiger partial charge in [-0.05, 0) is 31.4 Å². The van der Waals surface area contributed by atoms with E-state index in [9.17, 15) is 0 Å². The normalized spacial score (nSPS) is 19.1. The van der Waals surface area contributed by atoms with Crippen LogP contribution in [0.1, 0.15) is 57.2 Å². The van der Waals surface area contributed by atoms with E-state index in [2.05, 4.69) is 28.9 Å². The molecule has 18 heavy (non-hydrogen) atoms. The highest BCUT2D eigenvalue weighted by molar-refractivity contribution is 5.44. The number of hydrogen-bond donors (Lipinski definition) is 1. The van der Waals surface area contributed by atoms with E-state index in [-0.39, 0.29) is 6.04 Å². The van der Waals surface area contributed by atoms with Gasteiger partial charge in [0.05, 0.1) is 17.6 Å². The molecule has 1 aromatic rings. The van der Waals surface area contributed by atoms with Crippen molar-refractivity contribution in [3.63, 3.8) is 0 Å². The van der Waals surface area contributed by atoms with Gasteiger partial charge in [-0.2, -0.15) is 0 Å². The fourth-order valence-corrected chi connectivity index (χ4v) is 2.52. The third-order valence-corrected chi connectivity index (χ3v) is 3.81. The fraction of sp³-hybridized carbons (Fsp3) is 0.667. The Morgan fingerprint density at radius 1 is 1.17 bits per heavy atom. The van der Waals surface area contributed by atoms with Crippen molar-refractivity contribution in [1.82, 2.24) is 4.98 Å². The summed E-state index contributed by atoms with van der Waals surface area (Å²) in [6.07, 6.45) is 9.66. The van der Waals surface area contributed by atoms with Gasteiger partial charge in [0.15, 0.2) is 0 Å². The van der Waals surface area contributed by atoms with Crippen molar-refractivity contribution in [2.45, 2.75) is 51.5 Å². The second kappa shape index (κ2) is 6.74. The number of hydrogen-bond acceptors (Lipinski definition) is 3. The molecule has 1 saturated heterocycles. The van der Waals surface area contributed by atoms with Gasteiger partial charge in [-0.3, -0.25) is 4.98 Å². The van der Waals surface area contributed by atoms with Gasteiger partial charge < -0.3 is 10.6 Å². The third-order valence-electron chi connectivity index (χ3n) is 3.81. The average molecular weight is 247 g/mol. The Balaban J connectivity index is 2.02. The predicted octanol–water partition coefficient (Wildman–Crippen LogP) is 3.26. The quantitative estimate of drug-likeness (QED) is 0.891. The summed E-state index contributed by atoms with van der Waals surface area (Å²) in [5.41, 5.74) is 8.25. The molecule has 2 N–H and O–H groups in total. The van der Waals surface area contributed by atoms with E-state index in [0.717, 1.165) is 12.1 Å². The number of nitrogens with two attached hydrogens (primary N) is 1. The van der Waals surface area contributed by atoms with Crippen molar-refractivity contribution < 1.29 is 0 Å². The molecule has 0 spiro atoms. The molecule has 1 aliphatic rings. The van der Waals surface area contributed by atoms with Gasteiger partial charge in [0, 0.05) is 19.1 Å². The molecule has 3 nitrogen and oxygen atoms in total. The minimum atomic E-state index is 0.0754. The van der Waals surface area contributed by atoms with Crippen LogP contribution in [0.5, 0.6) is 0 Å². The lowest BCUT2D eigenvalue weighted by Crippen LogP contribution is -2.27. The highest BCUT2D eigenvalue weighted by atomic mass is 15.1. The first-order valence-corrected chi connectivity index (χ1v) is 7.27. The molecule has 2 heterocycles. The minimum Gasteiger partial charge on any atom is -0.370 e. The molecule has 1 aromatic heterocycles. The second-order valence-electron chi connectivity index (χ2n) is 5.21. The first kappa shape index (κ1) is 13.3. The summed E-state index contributed by atoms with van der Waals surface area (Å²) in [6, 6.07) is 4.34. The van der Waals surface area contributed by atoms with Gasteiger partial charge in [-0.25, -0.2) is 0 Å². The van der Waals surface area contributed by atoms with Gasteiger partial charge in [-0.15, -0.1) is 0 Å². The van der Waals surface area contributed by atoms with E-state index in [0.29, 0.717) is 0 Å². The zero-order valence-electron chi connectivity index (χ0n) is 11.4. The monoisotopic (exact) mass is 247 g/mol. The van der Waals surface area contributed by atoms with Crippen LogP contribution in [0.4, 0.5) is 5.69 Å². The van der Waals surface area contributed by atoms with E-state index in [1.165, 1.54) is 50.9 Å². The highest BCUT2D eigenvalue weighted by Crippen LogP contribution is 2.20. The van der Waals surface area contributed by atoms with E-state index in [1.54, 1.807) is 0 Å². The molecular weight excluding hydrogens is 222 g/mol. The van der Waals surface area contributed by atoms with Crippen molar-refractivity contribution in [3.05, 3.63) is 24.0 Å². The lowest BCUT2D eigenvalue weighted by molar-refractivity contribution is 0.556. The van der Waals surface area contributed by atoms with Crippen molar-refractivity contribution in [1.29, 1.82) is 0 Å². The van der Waals surface area contributed by atoms with Crippen molar-refractivity contribution in [2.75, 3.05) is 18.0 Å². The van der Waals surface area contributed by atoms with Gasteiger partial charge in [0.25, 0.3) is 0 Å². The smallest absolute Gasteiger partial charge is 0.0572 e. The number of rotatable bonds is 3. The molecule has 0 saturated carbocycles. The number of pyridine rings is 1. The van der Waals surface area contributed by atoms with Crippen LogP contribution in [0, 0.1) is 0 Å². The van der Waals surface area contributed by atoms with Crippen LogP contribution in [-0.4, -0.2) is 18.1 Å². The van der Waals surface area contributed by atoms with Gasteiger partial charge >= 0.3 is 0 Å². The summed E-state index contributed by atoms with van der Waals surface area (Å²) in [6.45, 7) is 4.43. The average Bonchev–Trinajstić information content (AvgIpc) is 2.38. The first-order valence-electron chi connectivity index (χ1n) is 7.27. The summed E-state index contributed by atoms with van der Waals surface area (Å²) < 4.78 is 0. The Kier molecular flexibility index (Phi) is 5.00. The summed E-state index contributed by atoms with van der Waals surface area (Å²) in [7, 11) is 0. The van der Waals surface area contributed by atoms with Crippen LogP contribution in [0.3, 0.4) is 0 Å². The summed E-state index contributed by atoms with van der Waals surface area (Å²) in [5, 5.41) is 0. The fourth-order valence-electron chi connectivity index (χ4n) is 2.52. The van der Waals surface area contributed by atoms with Crippen LogP contribution in [0.2, 0.25) is 0 Å². The lowest BCUT2D eigenvalue weighted by atomic mass is 10.1. The van der Waals surface area contributed by atoms with Crippen molar-refractivity contribution >= 4 is 5.69 Å². The van der Waals surface area contributed by atoms with Gasteiger partial charge in [0.1, 0.15) is 0 Å². The lowest BCUT2D eigenvalue weighted by Gasteiger charge is -2.26. The van der Waals surface area contributed by atoms with Gasteiger partial charge in [-0.1, -0.05) is 26.2 Å². The molecule has 1 atom stereocenters. The topological polar surface area (TPSA) is 42.1 Å². The second-order valence-corrected chi connectivity index (χ2v) is 5.21. The van der Waals surface area contributed by atoms with E-state index < -0.39 is 0 Å². The number of aromatic nitrogens is 1. The SMILES string of the molecule is CC[C@@H](N)c1ccc(N2CCCCCCC2)cn1. The van der Waals surface area contributed by atoms with Crippen LogP contribution in [0.25, 0.3) is 0 Å². The van der Waals surface area contributed by atoms with Crippen LogP contribution in [-0.2, 0) is 0 Å². The molecule has 2 rings (SSSR count). The molecular formula is C15H25N3. The molecule has 0 aliphatic carbocycles. The van der Waals surface area contributed by atoms with E-state index in [4.69, 9.17) is 5.73 Å². The maximum absolute atomic E-state index is 5.99. The first-order chi connectivity index (χ1) is 8.81. The standard InChI is InChI=1S/C15H25N3/c1-2-14(16)15-9-8-13(12-17-15)18-10-6-4-3-5-7-11-18/h8-9,12,14H,2-7,10-11,16H2,1H3/t14-/m1/s1. The molecule has 1 fully saturated rings. The maximum atomic E-state index is 5.99. The molecule has 1 aliphatic heterocycles. The molecule has 0 unspecified atom stereocenters. The van der Waals surface area contributed by atoms with Gasteiger partial charge in [0.2, 0.25) is 0 Å². The zero-order chi connectivity index (χ0) is 12.8. The molecule has 0 aromatic carbocycles. The van der Waals surface area contributed by atoms with E-state index in [1.807, 2.05) is 6.20 Å². The van der Waals surface area contributed by atoms with E-state index >= 15 is 0 Å². The molecule has 3 heteroatoms.